The van der Waals surface area contributed by atoms with Crippen LogP contribution in [0.1, 0.15) is 42.5 Å². The molecule has 1 aliphatic rings. The summed E-state index contributed by atoms with van der Waals surface area (Å²) in [5.41, 5.74) is 0.911. The molecule has 3 aromatic rings. The summed E-state index contributed by atoms with van der Waals surface area (Å²) in [5, 5.41) is 0. The van der Waals surface area contributed by atoms with Gasteiger partial charge in [-0.05, 0) is 49.1 Å². The van der Waals surface area contributed by atoms with Crippen molar-refractivity contribution in [2.24, 2.45) is 0 Å². The number of hydrogen-bond donors (Lipinski definition) is 0. The Balaban J connectivity index is 1.43. The third-order valence-corrected chi connectivity index (χ3v) is 5.16. The Bertz CT molecular complexity index is 1000. The third-order valence-electron chi connectivity index (χ3n) is 5.16. The zero-order valence-corrected chi connectivity index (χ0v) is 16.4. The molecule has 0 spiro atoms. The highest BCUT2D eigenvalue weighted by Gasteiger charge is 2.31. The van der Waals surface area contributed by atoms with Crippen LogP contribution in [0.15, 0.2) is 59.1 Å². The van der Waals surface area contributed by atoms with Crippen LogP contribution in [0.2, 0.25) is 0 Å². The van der Waals surface area contributed by atoms with E-state index in [4.69, 9.17) is 9.15 Å². The average Bonchev–Trinajstić information content (AvgIpc) is 3.23. The Morgan fingerprint density at radius 3 is 2.73 bits per heavy atom. The molecule has 1 aliphatic heterocycles. The molecule has 1 fully saturated rings. The first-order valence-electron chi connectivity index (χ1n) is 9.96. The van der Waals surface area contributed by atoms with Crippen molar-refractivity contribution in [3.8, 4) is 5.75 Å². The number of rotatable bonds is 6. The topological polar surface area (TPSA) is 55.6 Å². The molecule has 0 unspecified atom stereocenters. The first kappa shape index (κ1) is 20.1. The second kappa shape index (κ2) is 9.07. The Morgan fingerprint density at radius 1 is 1.13 bits per heavy atom. The van der Waals surface area contributed by atoms with Crippen molar-refractivity contribution in [2.45, 2.75) is 31.7 Å². The minimum atomic E-state index is -0.501. The smallest absolute Gasteiger partial charge is 0.261 e. The molecule has 2 aromatic carbocycles. The molecular weight excluding hydrogens is 390 g/mol. The molecular formula is C23H22F2N2O3. The Kier molecular flexibility index (Phi) is 6.07. The van der Waals surface area contributed by atoms with Gasteiger partial charge in [0, 0.05) is 13.0 Å². The molecule has 0 aliphatic carbocycles. The van der Waals surface area contributed by atoms with Crippen molar-refractivity contribution in [1.82, 2.24) is 9.88 Å². The predicted molar refractivity (Wildman–Crippen MR) is 106 cm³/mol. The number of hydrogen-bond acceptors (Lipinski definition) is 4. The lowest BCUT2D eigenvalue weighted by atomic mass is 10.0. The van der Waals surface area contributed by atoms with E-state index in [1.165, 1.54) is 24.3 Å². The molecule has 0 bridgehead atoms. The minimum absolute atomic E-state index is 0.0529. The van der Waals surface area contributed by atoms with E-state index in [0.29, 0.717) is 24.6 Å². The molecule has 0 radical (unpaired) electrons. The molecule has 1 aromatic heterocycles. The monoisotopic (exact) mass is 412 g/mol. The number of carbonyl (C=O) groups excluding carboxylic acids is 1. The van der Waals surface area contributed by atoms with E-state index >= 15 is 0 Å². The van der Waals surface area contributed by atoms with Gasteiger partial charge in [-0.15, -0.1) is 0 Å². The molecule has 2 heterocycles. The molecule has 1 amide bonds. The zero-order chi connectivity index (χ0) is 20.9. The number of amides is 1. The molecule has 0 saturated carbocycles. The van der Waals surface area contributed by atoms with Crippen LogP contribution in [-0.2, 0) is 11.2 Å². The maximum Gasteiger partial charge on any atom is 0.261 e. The molecule has 30 heavy (non-hydrogen) atoms. The number of piperidine rings is 1. The molecule has 156 valence electrons. The number of benzene rings is 2. The lowest BCUT2D eigenvalue weighted by Gasteiger charge is -2.33. The van der Waals surface area contributed by atoms with E-state index in [9.17, 15) is 13.6 Å². The maximum atomic E-state index is 13.7. The molecule has 5 nitrogen and oxygen atoms in total. The van der Waals surface area contributed by atoms with Crippen LogP contribution in [0.4, 0.5) is 8.78 Å². The third kappa shape index (κ3) is 4.67. The highest BCUT2D eigenvalue weighted by Crippen LogP contribution is 2.31. The SMILES string of the molecule is O=C(COc1ccccc1F)N1CCCC[C@@H]1c1ncc(Cc2ccc(F)cc2)o1. The minimum Gasteiger partial charge on any atom is -0.481 e. The van der Waals surface area contributed by atoms with Gasteiger partial charge < -0.3 is 14.1 Å². The van der Waals surface area contributed by atoms with Gasteiger partial charge in [-0.2, -0.15) is 0 Å². The normalized spacial score (nSPS) is 16.5. The summed E-state index contributed by atoms with van der Waals surface area (Å²) in [6, 6.07) is 11.9. The molecule has 0 N–H and O–H groups in total. The number of carbonyl (C=O) groups is 1. The van der Waals surface area contributed by atoms with Gasteiger partial charge in [0.05, 0.1) is 6.20 Å². The summed E-state index contributed by atoms with van der Waals surface area (Å²) in [6.45, 7) is 0.320. The van der Waals surface area contributed by atoms with Crippen molar-refractivity contribution < 1.29 is 22.7 Å². The summed E-state index contributed by atoms with van der Waals surface area (Å²) in [7, 11) is 0. The van der Waals surface area contributed by atoms with Gasteiger partial charge in [0.1, 0.15) is 17.6 Å². The molecule has 7 heteroatoms. The number of likely N-dealkylation sites (tertiary alicyclic amines) is 1. The van der Waals surface area contributed by atoms with Crippen LogP contribution >= 0.6 is 0 Å². The van der Waals surface area contributed by atoms with E-state index in [0.717, 1.165) is 24.8 Å². The zero-order valence-electron chi connectivity index (χ0n) is 16.4. The van der Waals surface area contributed by atoms with Crippen LogP contribution in [-0.4, -0.2) is 28.9 Å². The van der Waals surface area contributed by atoms with E-state index in [1.807, 2.05) is 0 Å². The first-order chi connectivity index (χ1) is 14.6. The van der Waals surface area contributed by atoms with Crippen LogP contribution in [0.25, 0.3) is 0 Å². The predicted octanol–water partition coefficient (Wildman–Crippen LogP) is 4.68. The van der Waals surface area contributed by atoms with Gasteiger partial charge in [-0.3, -0.25) is 4.79 Å². The average molecular weight is 412 g/mol. The fourth-order valence-electron chi connectivity index (χ4n) is 3.63. The summed E-state index contributed by atoms with van der Waals surface area (Å²) in [4.78, 5) is 18.8. The van der Waals surface area contributed by atoms with Gasteiger partial charge in [-0.25, -0.2) is 13.8 Å². The molecule has 1 saturated heterocycles. The summed E-state index contributed by atoms with van der Waals surface area (Å²) in [6.07, 6.45) is 4.71. The van der Waals surface area contributed by atoms with Gasteiger partial charge >= 0.3 is 0 Å². The number of aromatic nitrogens is 1. The Hall–Kier alpha value is -3.22. The van der Waals surface area contributed by atoms with E-state index in [1.54, 1.807) is 35.4 Å². The highest BCUT2D eigenvalue weighted by atomic mass is 19.1. The highest BCUT2D eigenvalue weighted by molar-refractivity contribution is 5.78. The summed E-state index contributed by atoms with van der Waals surface area (Å²) >= 11 is 0. The quantitative estimate of drug-likeness (QED) is 0.590. The number of nitrogens with zero attached hydrogens (tertiary/aromatic N) is 2. The fraction of sp³-hybridized carbons (Fsp3) is 0.304. The maximum absolute atomic E-state index is 13.7. The molecule has 4 rings (SSSR count). The number of halogens is 2. The number of oxazole rings is 1. The van der Waals surface area contributed by atoms with Crippen LogP contribution < -0.4 is 4.74 Å². The van der Waals surface area contributed by atoms with Crippen LogP contribution in [0.5, 0.6) is 5.75 Å². The van der Waals surface area contributed by atoms with Crippen molar-refractivity contribution in [3.05, 3.63) is 83.6 Å². The Morgan fingerprint density at radius 2 is 1.93 bits per heavy atom. The van der Waals surface area contributed by atoms with E-state index < -0.39 is 5.82 Å². The summed E-state index contributed by atoms with van der Waals surface area (Å²) in [5.74, 6) is 0.159. The van der Waals surface area contributed by atoms with Gasteiger partial charge in [-0.1, -0.05) is 24.3 Å². The largest absolute Gasteiger partial charge is 0.481 e. The van der Waals surface area contributed by atoms with Crippen molar-refractivity contribution >= 4 is 5.91 Å². The lowest BCUT2D eigenvalue weighted by Crippen LogP contribution is -2.41. The number of ether oxygens (including phenoxy) is 1. The second-order valence-corrected chi connectivity index (χ2v) is 7.29. The Labute approximate surface area is 173 Å². The van der Waals surface area contributed by atoms with Crippen LogP contribution in [0.3, 0.4) is 0 Å². The lowest BCUT2D eigenvalue weighted by molar-refractivity contribution is -0.137. The first-order valence-corrected chi connectivity index (χ1v) is 9.96. The van der Waals surface area contributed by atoms with E-state index in [2.05, 4.69) is 4.98 Å². The fourth-order valence-corrected chi connectivity index (χ4v) is 3.63. The number of para-hydroxylation sites is 1. The summed E-state index contributed by atoms with van der Waals surface area (Å²) < 4.78 is 38.1. The van der Waals surface area contributed by atoms with E-state index in [-0.39, 0.29) is 30.1 Å². The van der Waals surface area contributed by atoms with Gasteiger partial charge in [0.15, 0.2) is 18.2 Å². The van der Waals surface area contributed by atoms with Crippen molar-refractivity contribution in [2.75, 3.05) is 13.2 Å². The van der Waals surface area contributed by atoms with Gasteiger partial charge in [0.25, 0.3) is 5.91 Å². The van der Waals surface area contributed by atoms with Crippen molar-refractivity contribution in [3.63, 3.8) is 0 Å². The van der Waals surface area contributed by atoms with Gasteiger partial charge in [0.2, 0.25) is 5.89 Å². The second-order valence-electron chi connectivity index (χ2n) is 7.29. The standard InChI is InChI=1S/C23H22F2N2O3/c24-17-10-8-16(9-11-17)13-18-14-26-23(30-18)20-6-3-4-12-27(20)22(28)15-29-21-7-2-1-5-19(21)25/h1-2,5,7-11,14,20H,3-4,6,12-13,15H2/t20-/m1/s1. The van der Waals surface area contributed by atoms with Crippen molar-refractivity contribution in [1.29, 1.82) is 0 Å². The molecule has 1 atom stereocenters. The van der Waals surface area contributed by atoms with Crippen LogP contribution in [0, 0.1) is 11.6 Å².